The number of alkyl halides is 2. The summed E-state index contributed by atoms with van der Waals surface area (Å²) >= 11 is 0. The van der Waals surface area contributed by atoms with Crippen LogP contribution >= 0.6 is 0 Å². The van der Waals surface area contributed by atoms with Crippen molar-refractivity contribution in [3.63, 3.8) is 0 Å². The molecule has 12 heavy (non-hydrogen) atoms. The van der Waals surface area contributed by atoms with Crippen LogP contribution in [-0.4, -0.2) is 17.9 Å². The minimum atomic E-state index is -2.70. The van der Waals surface area contributed by atoms with Gasteiger partial charge in [0, 0.05) is 6.42 Å². The number of amides is 1. The van der Waals surface area contributed by atoms with Crippen molar-refractivity contribution < 1.29 is 13.6 Å². The molecule has 0 spiro atoms. The van der Waals surface area contributed by atoms with Gasteiger partial charge in [-0.2, -0.15) is 0 Å². The topological polar surface area (TPSA) is 69.1 Å². The molecule has 0 bridgehead atoms. The average molecular weight is 180 g/mol. The van der Waals surface area contributed by atoms with Crippen LogP contribution in [0, 0.1) is 0 Å². The molecule has 1 unspecified atom stereocenters. The lowest BCUT2D eigenvalue weighted by Gasteiger charge is -2.26. The largest absolute Gasteiger partial charge is 0.370 e. The third kappa shape index (κ3) is 3.13. The molecule has 0 aliphatic carbocycles. The predicted octanol–water partition coefficient (Wildman–Crippen LogP) is 0.625. The molecule has 1 atom stereocenters. The van der Waals surface area contributed by atoms with Gasteiger partial charge in [-0.1, -0.05) is 13.3 Å². The van der Waals surface area contributed by atoms with Gasteiger partial charge >= 0.3 is 0 Å². The lowest BCUT2D eigenvalue weighted by atomic mass is 9.91. The number of hydrogen-bond acceptors (Lipinski definition) is 2. The first kappa shape index (κ1) is 11.3. The van der Waals surface area contributed by atoms with E-state index in [1.165, 1.54) is 0 Å². The Bertz CT molecular complexity index is 163. The van der Waals surface area contributed by atoms with Crippen LogP contribution in [0.1, 0.15) is 26.2 Å². The van der Waals surface area contributed by atoms with Crippen molar-refractivity contribution in [1.82, 2.24) is 0 Å². The van der Waals surface area contributed by atoms with E-state index in [1.807, 2.05) is 0 Å². The van der Waals surface area contributed by atoms with Gasteiger partial charge in [-0.3, -0.25) is 4.79 Å². The summed E-state index contributed by atoms with van der Waals surface area (Å²) < 4.78 is 24.6. The molecule has 0 aromatic heterocycles. The highest BCUT2D eigenvalue weighted by Crippen LogP contribution is 2.22. The zero-order valence-electron chi connectivity index (χ0n) is 7.02. The fraction of sp³-hybridized carbons (Fsp3) is 0.857. The van der Waals surface area contributed by atoms with Gasteiger partial charge in [-0.15, -0.1) is 0 Å². The lowest BCUT2D eigenvalue weighted by molar-refractivity contribution is -0.121. The summed E-state index contributed by atoms with van der Waals surface area (Å²) in [5.74, 6) is -0.786. The molecular weight excluding hydrogens is 166 g/mol. The van der Waals surface area contributed by atoms with Crippen molar-refractivity contribution >= 4 is 5.91 Å². The zero-order valence-corrected chi connectivity index (χ0v) is 7.02. The third-order valence-corrected chi connectivity index (χ3v) is 1.65. The highest BCUT2D eigenvalue weighted by Gasteiger charge is 2.36. The third-order valence-electron chi connectivity index (χ3n) is 1.65. The van der Waals surface area contributed by atoms with E-state index in [2.05, 4.69) is 0 Å². The van der Waals surface area contributed by atoms with Crippen LogP contribution in [0.2, 0.25) is 0 Å². The molecule has 0 aliphatic rings. The first-order valence-electron chi connectivity index (χ1n) is 3.77. The summed E-state index contributed by atoms with van der Waals surface area (Å²) in [6.07, 6.45) is -2.55. The molecule has 5 heteroatoms. The second-order valence-electron chi connectivity index (χ2n) is 2.93. The average Bonchev–Trinajstić information content (AvgIpc) is 1.85. The number of primary amides is 1. The molecule has 0 saturated heterocycles. The summed E-state index contributed by atoms with van der Waals surface area (Å²) in [5.41, 5.74) is 8.36. The van der Waals surface area contributed by atoms with E-state index in [-0.39, 0.29) is 6.42 Å². The van der Waals surface area contributed by atoms with Gasteiger partial charge in [0.05, 0.1) is 5.54 Å². The van der Waals surface area contributed by atoms with E-state index in [0.29, 0.717) is 6.42 Å². The van der Waals surface area contributed by atoms with Crippen LogP contribution in [0.5, 0.6) is 0 Å². The fourth-order valence-corrected chi connectivity index (χ4v) is 1.06. The van der Waals surface area contributed by atoms with Crippen molar-refractivity contribution in [2.45, 2.75) is 38.2 Å². The Hall–Kier alpha value is -0.710. The highest BCUT2D eigenvalue weighted by atomic mass is 19.3. The first-order valence-corrected chi connectivity index (χ1v) is 3.77. The molecule has 0 heterocycles. The zero-order chi connectivity index (χ0) is 9.78. The normalized spacial score (nSPS) is 16.1. The standard InChI is InChI=1S/C7H14F2N2O/c1-2-3-7(11,6(8)9)4-5(10)12/h6H,2-4,11H2,1H3,(H2,10,12). The molecule has 0 aromatic carbocycles. The number of nitrogens with two attached hydrogens (primary N) is 2. The lowest BCUT2D eigenvalue weighted by Crippen LogP contribution is -2.49. The second-order valence-corrected chi connectivity index (χ2v) is 2.93. The first-order chi connectivity index (χ1) is 5.42. The summed E-state index contributed by atoms with van der Waals surface area (Å²) in [6, 6.07) is 0. The van der Waals surface area contributed by atoms with Crippen LogP contribution in [0.25, 0.3) is 0 Å². The van der Waals surface area contributed by atoms with E-state index in [4.69, 9.17) is 11.5 Å². The van der Waals surface area contributed by atoms with Crippen molar-refractivity contribution in [2.75, 3.05) is 0 Å². The minimum Gasteiger partial charge on any atom is -0.370 e. The monoisotopic (exact) mass is 180 g/mol. The minimum absolute atomic E-state index is 0.105. The van der Waals surface area contributed by atoms with Crippen molar-refractivity contribution in [2.24, 2.45) is 11.5 Å². The summed E-state index contributed by atoms with van der Waals surface area (Å²) in [5, 5.41) is 0. The van der Waals surface area contributed by atoms with Gasteiger partial charge in [-0.05, 0) is 6.42 Å². The second kappa shape index (κ2) is 4.35. The quantitative estimate of drug-likeness (QED) is 0.651. The van der Waals surface area contributed by atoms with E-state index in [9.17, 15) is 13.6 Å². The van der Waals surface area contributed by atoms with E-state index < -0.39 is 24.3 Å². The maximum Gasteiger partial charge on any atom is 0.256 e. The maximum absolute atomic E-state index is 12.3. The molecule has 0 aromatic rings. The summed E-state index contributed by atoms with van der Waals surface area (Å²) in [6.45, 7) is 1.73. The van der Waals surface area contributed by atoms with Gasteiger partial charge in [0.1, 0.15) is 0 Å². The highest BCUT2D eigenvalue weighted by molar-refractivity contribution is 5.75. The van der Waals surface area contributed by atoms with Crippen LogP contribution in [0.3, 0.4) is 0 Å². The molecule has 0 saturated carbocycles. The van der Waals surface area contributed by atoms with Crippen molar-refractivity contribution in [3.05, 3.63) is 0 Å². The molecule has 0 fully saturated rings. The van der Waals surface area contributed by atoms with Crippen molar-refractivity contribution in [1.29, 1.82) is 0 Å². The van der Waals surface area contributed by atoms with Gasteiger partial charge < -0.3 is 11.5 Å². The number of carbonyl (C=O) groups is 1. The molecule has 0 aliphatic heterocycles. The molecule has 0 radical (unpaired) electrons. The number of hydrogen-bond donors (Lipinski definition) is 2. The molecule has 3 nitrogen and oxygen atoms in total. The summed E-state index contributed by atoms with van der Waals surface area (Å²) in [7, 11) is 0. The SMILES string of the molecule is CCCC(N)(CC(N)=O)C(F)F. The van der Waals surface area contributed by atoms with Crippen LogP contribution in [0.4, 0.5) is 8.78 Å². The summed E-state index contributed by atoms with van der Waals surface area (Å²) in [4.78, 5) is 10.4. The number of rotatable bonds is 5. The van der Waals surface area contributed by atoms with E-state index in [1.54, 1.807) is 6.92 Å². The van der Waals surface area contributed by atoms with Gasteiger partial charge in [-0.25, -0.2) is 8.78 Å². The Morgan fingerprint density at radius 1 is 1.58 bits per heavy atom. The van der Waals surface area contributed by atoms with Crippen LogP contribution < -0.4 is 11.5 Å². The Balaban J connectivity index is 4.28. The fourth-order valence-electron chi connectivity index (χ4n) is 1.06. The molecular formula is C7H14F2N2O. The van der Waals surface area contributed by atoms with Gasteiger partial charge in [0.2, 0.25) is 5.91 Å². The Kier molecular flexibility index (Phi) is 4.09. The Morgan fingerprint density at radius 3 is 2.33 bits per heavy atom. The predicted molar refractivity (Wildman–Crippen MR) is 41.6 cm³/mol. The van der Waals surface area contributed by atoms with Crippen LogP contribution in [-0.2, 0) is 4.79 Å². The van der Waals surface area contributed by atoms with Crippen LogP contribution in [0.15, 0.2) is 0 Å². The molecule has 0 rings (SSSR count). The smallest absolute Gasteiger partial charge is 0.256 e. The number of halogens is 2. The molecule has 1 amide bonds. The van der Waals surface area contributed by atoms with Crippen molar-refractivity contribution in [3.8, 4) is 0 Å². The van der Waals surface area contributed by atoms with Gasteiger partial charge in [0.15, 0.2) is 0 Å². The van der Waals surface area contributed by atoms with E-state index >= 15 is 0 Å². The molecule has 4 N–H and O–H groups in total. The Morgan fingerprint density at radius 2 is 2.08 bits per heavy atom. The maximum atomic E-state index is 12.3. The number of carbonyl (C=O) groups excluding carboxylic acids is 1. The van der Waals surface area contributed by atoms with E-state index in [0.717, 1.165) is 0 Å². The molecule has 72 valence electrons. The Labute approximate surface area is 70.1 Å². The van der Waals surface area contributed by atoms with Gasteiger partial charge in [0.25, 0.3) is 6.43 Å².